The van der Waals surface area contributed by atoms with Crippen LogP contribution in [0.3, 0.4) is 0 Å². The predicted octanol–water partition coefficient (Wildman–Crippen LogP) is 4.58. The highest BCUT2D eigenvalue weighted by molar-refractivity contribution is 7.80. The molecule has 32 heavy (non-hydrogen) atoms. The number of nitrogens with zero attached hydrogens (tertiary/aromatic N) is 2. The number of anilines is 2. The van der Waals surface area contributed by atoms with Crippen LogP contribution < -0.4 is 20.3 Å². The number of thiocarbonyl (C=S) groups is 1. The molecule has 166 valence electrons. The second-order valence-electron chi connectivity index (χ2n) is 8.71. The Labute approximate surface area is 193 Å². The van der Waals surface area contributed by atoms with Crippen molar-refractivity contribution in [2.24, 2.45) is 5.41 Å². The van der Waals surface area contributed by atoms with Gasteiger partial charge in [0.2, 0.25) is 5.91 Å². The van der Waals surface area contributed by atoms with Crippen molar-refractivity contribution in [1.82, 2.24) is 15.3 Å². The lowest BCUT2D eigenvalue weighted by molar-refractivity contribution is -0.123. The van der Waals surface area contributed by atoms with E-state index in [4.69, 9.17) is 17.0 Å². The molecule has 7 nitrogen and oxygen atoms in total. The number of rotatable bonds is 5. The van der Waals surface area contributed by atoms with Crippen molar-refractivity contribution in [2.75, 3.05) is 17.3 Å². The minimum Gasteiger partial charge on any atom is -0.494 e. The zero-order valence-corrected chi connectivity index (χ0v) is 19.4. The van der Waals surface area contributed by atoms with Crippen LogP contribution in [0.4, 0.5) is 11.4 Å². The molecule has 1 aliphatic rings. The van der Waals surface area contributed by atoms with Crippen molar-refractivity contribution in [3.05, 3.63) is 72.3 Å². The molecule has 3 aromatic rings. The highest BCUT2D eigenvalue weighted by Crippen LogP contribution is 2.42. The number of aromatic amines is 1. The van der Waals surface area contributed by atoms with Crippen LogP contribution in [-0.4, -0.2) is 28.1 Å². The largest absolute Gasteiger partial charge is 0.494 e. The van der Waals surface area contributed by atoms with Gasteiger partial charge >= 0.3 is 0 Å². The lowest BCUT2D eigenvalue weighted by Crippen LogP contribution is -2.30. The van der Waals surface area contributed by atoms with Crippen LogP contribution in [0.25, 0.3) is 0 Å². The predicted molar refractivity (Wildman–Crippen MR) is 130 cm³/mol. The summed E-state index contributed by atoms with van der Waals surface area (Å²) in [6.45, 7) is 5.61. The number of amides is 1. The topological polar surface area (TPSA) is 82.3 Å². The molecule has 0 radical (unpaired) electrons. The van der Waals surface area contributed by atoms with Gasteiger partial charge in [0.15, 0.2) is 5.11 Å². The quantitative estimate of drug-likeness (QED) is 0.495. The molecule has 1 amide bonds. The number of pyridine rings is 1. The number of H-pyrrole nitrogens is 1. The molecule has 3 heterocycles. The Balaban J connectivity index is 1.72. The number of hydrogen-bond donors (Lipinski definition) is 3. The number of carbonyl (C=O) groups is 1. The first-order chi connectivity index (χ1) is 15.3. The highest BCUT2D eigenvalue weighted by atomic mass is 32.1. The average Bonchev–Trinajstić information content (AvgIpc) is 3.41. The molecule has 1 fully saturated rings. The van der Waals surface area contributed by atoms with Crippen molar-refractivity contribution in [2.45, 2.75) is 32.9 Å². The van der Waals surface area contributed by atoms with E-state index in [-0.39, 0.29) is 18.0 Å². The van der Waals surface area contributed by atoms with E-state index in [9.17, 15) is 4.79 Å². The Kier molecular flexibility index (Phi) is 5.88. The molecule has 0 aliphatic carbocycles. The molecular weight excluding hydrogens is 422 g/mol. The van der Waals surface area contributed by atoms with Crippen molar-refractivity contribution < 1.29 is 9.53 Å². The van der Waals surface area contributed by atoms with E-state index in [0.29, 0.717) is 16.5 Å². The SMILES string of the molecule is COc1cc(N2C(=S)NC(c3ccccn3)C2c2ccc[nH]2)ccc1NC(=O)C(C)(C)C. The maximum absolute atomic E-state index is 12.5. The number of benzene rings is 1. The van der Waals surface area contributed by atoms with Gasteiger partial charge in [-0.2, -0.15) is 0 Å². The minimum atomic E-state index is -0.515. The fraction of sp³-hybridized carbons (Fsp3) is 0.292. The van der Waals surface area contributed by atoms with Gasteiger partial charge in [0.1, 0.15) is 11.8 Å². The van der Waals surface area contributed by atoms with Crippen LogP contribution in [0.2, 0.25) is 0 Å². The molecule has 0 bridgehead atoms. The van der Waals surface area contributed by atoms with E-state index >= 15 is 0 Å². The lowest BCUT2D eigenvalue weighted by atomic mass is 9.95. The second kappa shape index (κ2) is 8.63. The third-order valence-corrected chi connectivity index (χ3v) is 5.75. The maximum atomic E-state index is 12.5. The molecule has 4 rings (SSSR count). The standard InChI is InChI=1S/C24H27N5O2S/c1-24(2,3)22(30)27-16-11-10-15(14-19(16)31-4)29-21(18-9-7-13-26-18)20(28-23(29)32)17-8-5-6-12-25-17/h5-14,20-21,26H,1-4H3,(H,27,30)(H,28,32). The van der Waals surface area contributed by atoms with Gasteiger partial charge < -0.3 is 25.3 Å². The van der Waals surface area contributed by atoms with Crippen LogP contribution >= 0.6 is 12.2 Å². The van der Waals surface area contributed by atoms with E-state index in [0.717, 1.165) is 17.1 Å². The van der Waals surface area contributed by atoms with E-state index < -0.39 is 5.41 Å². The molecule has 2 unspecified atom stereocenters. The lowest BCUT2D eigenvalue weighted by Gasteiger charge is -2.28. The first kappa shape index (κ1) is 21.8. The van der Waals surface area contributed by atoms with Gasteiger partial charge in [0.25, 0.3) is 0 Å². The van der Waals surface area contributed by atoms with Crippen molar-refractivity contribution >= 4 is 34.6 Å². The second-order valence-corrected chi connectivity index (χ2v) is 9.10. The molecule has 1 aromatic carbocycles. The zero-order chi connectivity index (χ0) is 22.9. The third kappa shape index (κ3) is 4.18. The molecule has 0 spiro atoms. The van der Waals surface area contributed by atoms with Gasteiger partial charge in [0, 0.05) is 35.3 Å². The first-order valence-electron chi connectivity index (χ1n) is 10.4. The van der Waals surface area contributed by atoms with Gasteiger partial charge in [-0.25, -0.2) is 0 Å². The molecule has 3 N–H and O–H groups in total. The highest BCUT2D eigenvalue weighted by Gasteiger charge is 2.41. The van der Waals surface area contributed by atoms with Crippen LogP contribution in [0.5, 0.6) is 5.75 Å². The van der Waals surface area contributed by atoms with Gasteiger partial charge in [-0.05, 0) is 48.6 Å². The molecule has 1 saturated heterocycles. The Morgan fingerprint density at radius 2 is 2.00 bits per heavy atom. The van der Waals surface area contributed by atoms with Crippen LogP contribution in [0, 0.1) is 5.41 Å². The summed E-state index contributed by atoms with van der Waals surface area (Å²) in [5.74, 6) is 0.482. The summed E-state index contributed by atoms with van der Waals surface area (Å²) in [6.07, 6.45) is 3.68. The van der Waals surface area contributed by atoms with Crippen LogP contribution in [-0.2, 0) is 4.79 Å². The van der Waals surface area contributed by atoms with E-state index in [1.807, 2.05) is 75.5 Å². The normalized spacial score (nSPS) is 18.4. The Morgan fingerprint density at radius 3 is 2.62 bits per heavy atom. The van der Waals surface area contributed by atoms with Gasteiger partial charge in [-0.3, -0.25) is 9.78 Å². The van der Waals surface area contributed by atoms with E-state index in [1.165, 1.54) is 0 Å². The first-order valence-corrected chi connectivity index (χ1v) is 10.8. The van der Waals surface area contributed by atoms with E-state index in [1.54, 1.807) is 13.3 Å². The fourth-order valence-corrected chi connectivity index (χ4v) is 4.07. The number of methoxy groups -OCH3 is 1. The summed E-state index contributed by atoms with van der Waals surface area (Å²) in [5, 5.41) is 6.97. The van der Waals surface area contributed by atoms with Gasteiger partial charge in [-0.15, -0.1) is 0 Å². The molecular formula is C24H27N5O2S. The summed E-state index contributed by atoms with van der Waals surface area (Å²) in [6, 6.07) is 15.3. The molecule has 2 atom stereocenters. The smallest absolute Gasteiger partial charge is 0.229 e. The summed E-state index contributed by atoms with van der Waals surface area (Å²) in [5.41, 5.74) is 2.87. The van der Waals surface area contributed by atoms with Crippen molar-refractivity contribution in [3.63, 3.8) is 0 Å². The number of ether oxygens (including phenoxy) is 1. The summed E-state index contributed by atoms with van der Waals surface area (Å²) >= 11 is 5.74. The maximum Gasteiger partial charge on any atom is 0.229 e. The Morgan fingerprint density at radius 1 is 1.19 bits per heavy atom. The number of aromatic nitrogens is 2. The Bertz CT molecular complexity index is 1110. The molecule has 1 aliphatic heterocycles. The number of carbonyl (C=O) groups excluding carboxylic acids is 1. The van der Waals surface area contributed by atoms with Crippen LogP contribution in [0.1, 0.15) is 44.2 Å². The van der Waals surface area contributed by atoms with Crippen LogP contribution in [0.15, 0.2) is 60.9 Å². The van der Waals surface area contributed by atoms with Crippen molar-refractivity contribution in [1.29, 1.82) is 0 Å². The molecule has 0 saturated carbocycles. The molecule has 8 heteroatoms. The van der Waals surface area contributed by atoms with E-state index in [2.05, 4.69) is 25.5 Å². The summed E-state index contributed by atoms with van der Waals surface area (Å²) < 4.78 is 5.61. The van der Waals surface area contributed by atoms with Crippen molar-refractivity contribution in [3.8, 4) is 5.75 Å². The number of hydrogen-bond acceptors (Lipinski definition) is 4. The summed E-state index contributed by atoms with van der Waals surface area (Å²) in [4.78, 5) is 22.4. The fourth-order valence-electron chi connectivity index (χ4n) is 3.72. The monoisotopic (exact) mass is 449 g/mol. The number of nitrogens with one attached hydrogen (secondary N) is 3. The molecule has 2 aromatic heterocycles. The minimum absolute atomic E-state index is 0.0820. The zero-order valence-electron chi connectivity index (χ0n) is 18.5. The Hall–Kier alpha value is -3.39. The average molecular weight is 450 g/mol. The third-order valence-electron chi connectivity index (χ3n) is 5.43. The summed E-state index contributed by atoms with van der Waals surface area (Å²) in [7, 11) is 1.59. The van der Waals surface area contributed by atoms with Gasteiger partial charge in [0.05, 0.1) is 24.5 Å². The van der Waals surface area contributed by atoms with Gasteiger partial charge in [-0.1, -0.05) is 26.8 Å².